The predicted molar refractivity (Wildman–Crippen MR) is 94.1 cm³/mol. The fraction of sp³-hybridized carbons (Fsp3) is 0.333. The molecule has 1 aromatic heterocycles. The number of nitrogens with one attached hydrogen (secondary N) is 1. The highest BCUT2D eigenvalue weighted by atomic mass is 35.5. The number of aromatic nitrogens is 1. The van der Waals surface area contributed by atoms with E-state index in [9.17, 15) is 9.90 Å². The summed E-state index contributed by atoms with van der Waals surface area (Å²) in [6, 6.07) is 7.11. The summed E-state index contributed by atoms with van der Waals surface area (Å²) in [7, 11) is 0. The summed E-state index contributed by atoms with van der Waals surface area (Å²) in [5, 5.41) is 13.3. The van der Waals surface area contributed by atoms with Gasteiger partial charge in [0.2, 0.25) is 5.91 Å². The van der Waals surface area contributed by atoms with Crippen LogP contribution in [0.1, 0.15) is 41.1 Å². The summed E-state index contributed by atoms with van der Waals surface area (Å²) in [6.07, 6.45) is 4.44. The number of hydrogen-bond donors (Lipinski definition) is 2. The predicted octanol–water partition coefficient (Wildman–Crippen LogP) is 3.62. The number of carbonyl (C=O) groups excluding carboxylic acids is 1. The molecule has 24 heavy (non-hydrogen) atoms. The molecular weight excluding hydrogens is 347 g/mol. The first-order chi connectivity index (χ1) is 11.6. The number of halogens is 2. The van der Waals surface area contributed by atoms with Crippen molar-refractivity contribution in [3.63, 3.8) is 0 Å². The number of fused-ring (bicyclic) bond motifs is 1. The monoisotopic (exact) mass is 364 g/mol. The van der Waals surface area contributed by atoms with Crippen LogP contribution in [0, 0.1) is 0 Å². The van der Waals surface area contributed by atoms with Crippen LogP contribution in [0.4, 0.5) is 0 Å². The highest BCUT2D eigenvalue weighted by molar-refractivity contribution is 6.35. The Morgan fingerprint density at radius 1 is 1.38 bits per heavy atom. The number of carbonyl (C=O) groups is 1. The van der Waals surface area contributed by atoms with E-state index in [-0.39, 0.29) is 25.0 Å². The van der Waals surface area contributed by atoms with Crippen LogP contribution in [0.15, 0.2) is 30.5 Å². The second-order valence-electron chi connectivity index (χ2n) is 5.89. The lowest BCUT2D eigenvalue weighted by atomic mass is 9.85. The number of aliphatic hydroxyl groups is 1. The largest absolute Gasteiger partial charge is 0.392 e. The van der Waals surface area contributed by atoms with E-state index in [2.05, 4.69) is 10.3 Å². The van der Waals surface area contributed by atoms with Gasteiger partial charge in [0.15, 0.2) is 0 Å². The number of nitrogens with zero attached hydrogens (tertiary/aromatic N) is 1. The number of benzene rings is 1. The van der Waals surface area contributed by atoms with Gasteiger partial charge in [0.05, 0.1) is 12.5 Å². The zero-order chi connectivity index (χ0) is 17.1. The number of rotatable bonds is 4. The summed E-state index contributed by atoms with van der Waals surface area (Å²) in [4.78, 5) is 17.0. The van der Waals surface area contributed by atoms with Crippen LogP contribution in [0.3, 0.4) is 0 Å². The van der Waals surface area contributed by atoms with Gasteiger partial charge in [-0.15, -0.1) is 0 Å². The second-order valence-corrected chi connectivity index (χ2v) is 6.73. The molecule has 1 atom stereocenters. The fourth-order valence-corrected chi connectivity index (χ4v) is 3.77. The number of hydrogen-bond acceptors (Lipinski definition) is 3. The van der Waals surface area contributed by atoms with Crippen molar-refractivity contribution in [1.82, 2.24) is 10.3 Å². The van der Waals surface area contributed by atoms with Gasteiger partial charge in [0.1, 0.15) is 0 Å². The van der Waals surface area contributed by atoms with Gasteiger partial charge >= 0.3 is 0 Å². The summed E-state index contributed by atoms with van der Waals surface area (Å²) in [5.41, 5.74) is 3.33. The molecule has 0 aliphatic heterocycles. The van der Waals surface area contributed by atoms with Crippen molar-refractivity contribution in [3.05, 3.63) is 62.9 Å². The van der Waals surface area contributed by atoms with Gasteiger partial charge in [-0.05, 0) is 54.2 Å². The Morgan fingerprint density at radius 3 is 3.00 bits per heavy atom. The average Bonchev–Trinajstić information content (AvgIpc) is 2.59. The van der Waals surface area contributed by atoms with Gasteiger partial charge in [0.25, 0.3) is 0 Å². The molecule has 1 amide bonds. The quantitative estimate of drug-likeness (QED) is 0.870. The molecule has 0 saturated carbocycles. The Bertz CT molecular complexity index is 765. The summed E-state index contributed by atoms with van der Waals surface area (Å²) in [5.74, 6) is -0.232. The molecule has 126 valence electrons. The zero-order valence-corrected chi connectivity index (χ0v) is 14.6. The van der Waals surface area contributed by atoms with Crippen LogP contribution in [0.25, 0.3) is 0 Å². The Balaban J connectivity index is 1.76. The zero-order valence-electron chi connectivity index (χ0n) is 13.1. The lowest BCUT2D eigenvalue weighted by Gasteiger charge is -2.24. The summed E-state index contributed by atoms with van der Waals surface area (Å²) >= 11 is 12.2. The molecule has 2 N–H and O–H groups in total. The SMILES string of the molecule is O=C(NCc1c(Cl)cc(Cl)cc1CO)[C@H]1CCCc2ncccc21. The van der Waals surface area contributed by atoms with Gasteiger partial charge < -0.3 is 10.4 Å². The van der Waals surface area contributed by atoms with Crippen molar-refractivity contribution in [1.29, 1.82) is 0 Å². The lowest BCUT2D eigenvalue weighted by Crippen LogP contribution is -2.31. The maximum atomic E-state index is 12.6. The van der Waals surface area contributed by atoms with Crippen molar-refractivity contribution in [2.24, 2.45) is 0 Å². The van der Waals surface area contributed by atoms with Gasteiger partial charge in [-0.25, -0.2) is 0 Å². The fourth-order valence-electron chi connectivity index (χ4n) is 3.17. The maximum absolute atomic E-state index is 12.6. The van der Waals surface area contributed by atoms with Crippen LogP contribution in [-0.2, 0) is 24.4 Å². The number of amides is 1. The first-order valence-electron chi connectivity index (χ1n) is 7.89. The third kappa shape index (κ3) is 3.56. The Morgan fingerprint density at radius 2 is 2.21 bits per heavy atom. The second kappa shape index (κ2) is 7.51. The minimum Gasteiger partial charge on any atom is -0.392 e. The van der Waals surface area contributed by atoms with Gasteiger partial charge in [0, 0.05) is 28.5 Å². The van der Waals surface area contributed by atoms with E-state index in [0.717, 1.165) is 30.5 Å². The highest BCUT2D eigenvalue weighted by Crippen LogP contribution is 2.31. The molecule has 0 fully saturated rings. The van der Waals surface area contributed by atoms with E-state index >= 15 is 0 Å². The van der Waals surface area contributed by atoms with Gasteiger partial charge in [-0.1, -0.05) is 29.3 Å². The molecule has 1 aliphatic carbocycles. The smallest absolute Gasteiger partial charge is 0.227 e. The van der Waals surface area contributed by atoms with Crippen LogP contribution in [0.5, 0.6) is 0 Å². The lowest BCUT2D eigenvalue weighted by molar-refractivity contribution is -0.123. The standard InChI is InChI=1S/C18H18Cl2N2O2/c19-12-7-11(10-23)15(16(20)8-12)9-22-18(24)14-3-1-5-17-13(14)4-2-6-21-17/h2,4,6-8,14,23H,1,3,5,9-10H2,(H,22,24)/t14-/m0/s1. The molecule has 0 unspecified atom stereocenters. The van der Waals surface area contributed by atoms with E-state index in [1.165, 1.54) is 0 Å². The first-order valence-corrected chi connectivity index (χ1v) is 8.65. The van der Waals surface area contributed by atoms with E-state index in [0.29, 0.717) is 21.2 Å². The van der Waals surface area contributed by atoms with Crippen molar-refractivity contribution in [2.75, 3.05) is 0 Å². The molecule has 6 heteroatoms. The van der Waals surface area contributed by atoms with Crippen molar-refractivity contribution in [2.45, 2.75) is 38.3 Å². The Hall–Kier alpha value is -1.62. The molecular formula is C18H18Cl2N2O2. The van der Waals surface area contributed by atoms with Gasteiger partial charge in [-0.2, -0.15) is 0 Å². The van der Waals surface area contributed by atoms with Crippen LogP contribution >= 0.6 is 23.2 Å². The van der Waals surface area contributed by atoms with Crippen molar-refractivity contribution >= 4 is 29.1 Å². The minimum absolute atomic E-state index is 0.0427. The average molecular weight is 365 g/mol. The van der Waals surface area contributed by atoms with Crippen molar-refractivity contribution in [3.8, 4) is 0 Å². The molecule has 1 aromatic carbocycles. The number of pyridine rings is 1. The molecule has 0 saturated heterocycles. The molecule has 0 bridgehead atoms. The van der Waals surface area contributed by atoms with Crippen LogP contribution in [0.2, 0.25) is 10.0 Å². The molecule has 3 rings (SSSR count). The summed E-state index contributed by atoms with van der Waals surface area (Å²) in [6.45, 7) is 0.0818. The number of aliphatic hydroxyl groups excluding tert-OH is 1. The van der Waals surface area contributed by atoms with Crippen molar-refractivity contribution < 1.29 is 9.90 Å². The molecule has 1 heterocycles. The Labute approximate surface area is 150 Å². The number of aryl methyl sites for hydroxylation is 1. The van der Waals surface area contributed by atoms with Gasteiger partial charge in [-0.3, -0.25) is 9.78 Å². The normalized spacial score (nSPS) is 16.5. The van der Waals surface area contributed by atoms with E-state index in [1.807, 2.05) is 12.1 Å². The molecule has 0 radical (unpaired) electrons. The summed E-state index contributed by atoms with van der Waals surface area (Å²) < 4.78 is 0. The maximum Gasteiger partial charge on any atom is 0.227 e. The first kappa shape index (κ1) is 17.2. The van der Waals surface area contributed by atoms with Crippen LogP contribution < -0.4 is 5.32 Å². The molecule has 2 aromatic rings. The molecule has 0 spiro atoms. The molecule has 1 aliphatic rings. The Kier molecular flexibility index (Phi) is 5.39. The highest BCUT2D eigenvalue weighted by Gasteiger charge is 2.27. The third-order valence-electron chi connectivity index (χ3n) is 4.39. The minimum atomic E-state index is -0.189. The van der Waals surface area contributed by atoms with E-state index in [1.54, 1.807) is 18.3 Å². The van der Waals surface area contributed by atoms with E-state index in [4.69, 9.17) is 23.2 Å². The van der Waals surface area contributed by atoms with E-state index < -0.39 is 0 Å². The topological polar surface area (TPSA) is 62.2 Å². The third-order valence-corrected chi connectivity index (χ3v) is 4.94. The van der Waals surface area contributed by atoms with Crippen LogP contribution in [-0.4, -0.2) is 16.0 Å². The molecule has 4 nitrogen and oxygen atoms in total.